The van der Waals surface area contributed by atoms with Crippen LogP contribution in [0.15, 0.2) is 12.4 Å². The van der Waals surface area contributed by atoms with Crippen LogP contribution in [0.1, 0.15) is 58.3 Å². The van der Waals surface area contributed by atoms with Crippen LogP contribution in [-0.2, 0) is 6.54 Å². The first-order valence-electron chi connectivity index (χ1n) is 8.08. The first-order valence-corrected chi connectivity index (χ1v) is 8.99. The van der Waals surface area contributed by atoms with E-state index in [0.717, 1.165) is 25.1 Å². The summed E-state index contributed by atoms with van der Waals surface area (Å²) in [5.41, 5.74) is 0.378. The molecule has 1 aromatic heterocycles. The molecule has 0 bridgehead atoms. The molecule has 2 aliphatic rings. The maximum atomic E-state index is 6.28. The predicted molar refractivity (Wildman–Crippen MR) is 84.4 cm³/mol. The van der Waals surface area contributed by atoms with Gasteiger partial charge in [-0.05, 0) is 25.7 Å². The lowest BCUT2D eigenvalue weighted by molar-refractivity contribution is -0.0462. The van der Waals surface area contributed by atoms with Crippen LogP contribution < -0.4 is 4.74 Å². The molecule has 2 atom stereocenters. The Morgan fingerprint density at radius 1 is 1.35 bits per heavy atom. The monoisotopic (exact) mass is 340 g/mol. The van der Waals surface area contributed by atoms with Gasteiger partial charge in [0, 0.05) is 16.8 Å². The second-order valence-electron chi connectivity index (χ2n) is 6.40. The molecule has 0 saturated heterocycles. The Bertz CT molecular complexity index is 437. The molecule has 3 nitrogen and oxygen atoms in total. The standard InChI is InChI=1S/C16H25BrN2O/c1-2-9-19-12-13(11-18-19)20-15-10-14(17)16(15)7-5-3-4-6-8-16/h11-12,14-15H,2-10H2,1H3. The van der Waals surface area contributed by atoms with Crippen LogP contribution in [-0.4, -0.2) is 20.7 Å². The summed E-state index contributed by atoms with van der Waals surface area (Å²) in [6.07, 6.45) is 14.7. The van der Waals surface area contributed by atoms with Gasteiger partial charge in [-0.1, -0.05) is 48.5 Å². The first kappa shape index (κ1) is 14.4. The van der Waals surface area contributed by atoms with Crippen LogP contribution in [0.5, 0.6) is 5.75 Å². The summed E-state index contributed by atoms with van der Waals surface area (Å²) < 4.78 is 8.27. The van der Waals surface area contributed by atoms with Gasteiger partial charge >= 0.3 is 0 Å². The molecule has 3 rings (SSSR count). The minimum absolute atomic E-state index is 0.378. The summed E-state index contributed by atoms with van der Waals surface area (Å²) >= 11 is 3.90. The van der Waals surface area contributed by atoms with Crippen molar-refractivity contribution in [2.75, 3.05) is 0 Å². The van der Waals surface area contributed by atoms with E-state index < -0.39 is 0 Å². The van der Waals surface area contributed by atoms with Crippen molar-refractivity contribution in [3.05, 3.63) is 12.4 Å². The Balaban J connectivity index is 1.66. The van der Waals surface area contributed by atoms with Crippen molar-refractivity contribution in [1.29, 1.82) is 0 Å². The third-order valence-corrected chi connectivity index (χ3v) is 6.35. The largest absolute Gasteiger partial charge is 0.486 e. The zero-order valence-electron chi connectivity index (χ0n) is 12.4. The number of aromatic nitrogens is 2. The molecule has 0 aliphatic heterocycles. The van der Waals surface area contributed by atoms with E-state index in [1.165, 1.54) is 38.5 Å². The quantitative estimate of drug-likeness (QED) is 0.752. The van der Waals surface area contributed by atoms with Gasteiger partial charge in [-0.15, -0.1) is 0 Å². The van der Waals surface area contributed by atoms with Crippen molar-refractivity contribution < 1.29 is 4.74 Å². The van der Waals surface area contributed by atoms with Crippen LogP contribution in [0.25, 0.3) is 0 Å². The summed E-state index contributed by atoms with van der Waals surface area (Å²) in [4.78, 5) is 0.642. The van der Waals surface area contributed by atoms with E-state index in [2.05, 4.69) is 34.1 Å². The number of rotatable bonds is 4. The van der Waals surface area contributed by atoms with Crippen molar-refractivity contribution >= 4 is 15.9 Å². The van der Waals surface area contributed by atoms with Gasteiger partial charge in [-0.3, -0.25) is 4.68 Å². The van der Waals surface area contributed by atoms with Crippen molar-refractivity contribution in [2.24, 2.45) is 5.41 Å². The molecular weight excluding hydrogens is 316 g/mol. The van der Waals surface area contributed by atoms with Crippen LogP contribution in [0.2, 0.25) is 0 Å². The van der Waals surface area contributed by atoms with E-state index >= 15 is 0 Å². The van der Waals surface area contributed by atoms with Gasteiger partial charge in [0.2, 0.25) is 0 Å². The zero-order chi connectivity index (χ0) is 14.0. The van der Waals surface area contributed by atoms with Gasteiger partial charge in [0.25, 0.3) is 0 Å². The molecule has 0 amide bonds. The fourth-order valence-electron chi connectivity index (χ4n) is 3.81. The zero-order valence-corrected chi connectivity index (χ0v) is 13.9. The molecule has 2 aliphatic carbocycles. The Kier molecular flexibility index (Phi) is 4.39. The van der Waals surface area contributed by atoms with E-state index in [1.54, 1.807) is 0 Å². The third-order valence-electron chi connectivity index (χ3n) is 5.06. The van der Waals surface area contributed by atoms with E-state index in [0.29, 0.717) is 16.3 Å². The minimum Gasteiger partial charge on any atom is -0.486 e. The lowest BCUT2D eigenvalue weighted by Gasteiger charge is -2.53. The Morgan fingerprint density at radius 2 is 2.10 bits per heavy atom. The highest BCUT2D eigenvalue weighted by atomic mass is 79.9. The number of hydrogen-bond acceptors (Lipinski definition) is 2. The number of aryl methyl sites for hydroxylation is 1. The number of ether oxygens (including phenoxy) is 1. The molecule has 2 unspecified atom stereocenters. The summed E-state index contributed by atoms with van der Waals surface area (Å²) in [5.74, 6) is 0.950. The highest BCUT2D eigenvalue weighted by Crippen LogP contribution is 2.55. The topological polar surface area (TPSA) is 27.1 Å². The molecule has 2 fully saturated rings. The SMILES string of the molecule is CCCn1cc(OC2CC(Br)C23CCCCCC3)cn1. The molecule has 0 aromatic carbocycles. The van der Waals surface area contributed by atoms with Crippen LogP contribution in [0.3, 0.4) is 0 Å². The molecule has 4 heteroatoms. The Labute approximate surface area is 130 Å². The van der Waals surface area contributed by atoms with Gasteiger partial charge < -0.3 is 4.74 Å². The van der Waals surface area contributed by atoms with Crippen LogP contribution in [0, 0.1) is 5.41 Å². The van der Waals surface area contributed by atoms with Crippen LogP contribution in [0.4, 0.5) is 0 Å². The van der Waals surface area contributed by atoms with Crippen molar-refractivity contribution in [2.45, 2.75) is 75.8 Å². The first-order chi connectivity index (χ1) is 9.74. The average Bonchev–Trinajstić information content (AvgIpc) is 2.73. The Hall–Kier alpha value is -0.510. The number of hydrogen-bond donors (Lipinski definition) is 0. The molecule has 1 aromatic rings. The van der Waals surface area contributed by atoms with E-state index in [4.69, 9.17) is 4.74 Å². The van der Waals surface area contributed by atoms with E-state index in [-0.39, 0.29) is 0 Å². The molecule has 2 saturated carbocycles. The van der Waals surface area contributed by atoms with E-state index in [1.807, 2.05) is 10.9 Å². The average molecular weight is 341 g/mol. The maximum absolute atomic E-state index is 6.28. The van der Waals surface area contributed by atoms with Gasteiger partial charge in [0.15, 0.2) is 5.75 Å². The number of halogens is 1. The summed E-state index contributed by atoms with van der Waals surface area (Å²) in [6, 6.07) is 0. The molecule has 1 heterocycles. The molecule has 0 radical (unpaired) electrons. The summed E-state index contributed by atoms with van der Waals surface area (Å²) in [7, 11) is 0. The summed E-state index contributed by atoms with van der Waals surface area (Å²) in [5, 5.41) is 4.37. The summed E-state index contributed by atoms with van der Waals surface area (Å²) in [6.45, 7) is 3.14. The molecule has 1 spiro atoms. The van der Waals surface area contributed by atoms with Crippen molar-refractivity contribution in [3.8, 4) is 5.75 Å². The normalized spacial score (nSPS) is 28.9. The fraction of sp³-hybridized carbons (Fsp3) is 0.812. The second-order valence-corrected chi connectivity index (χ2v) is 7.50. The smallest absolute Gasteiger partial charge is 0.157 e. The number of nitrogens with zero attached hydrogens (tertiary/aromatic N) is 2. The van der Waals surface area contributed by atoms with Crippen LogP contribution >= 0.6 is 15.9 Å². The predicted octanol–water partition coefficient (Wildman–Crippen LogP) is 4.55. The second kappa shape index (κ2) is 6.08. The maximum Gasteiger partial charge on any atom is 0.157 e. The van der Waals surface area contributed by atoms with E-state index in [9.17, 15) is 0 Å². The van der Waals surface area contributed by atoms with Gasteiger partial charge in [0.05, 0.1) is 12.4 Å². The lowest BCUT2D eigenvalue weighted by atomic mass is 9.61. The van der Waals surface area contributed by atoms with Gasteiger partial charge in [-0.25, -0.2) is 0 Å². The minimum atomic E-state index is 0.378. The molecule has 112 valence electrons. The fourth-order valence-corrected chi connectivity index (χ4v) is 4.90. The lowest BCUT2D eigenvalue weighted by Crippen LogP contribution is -2.56. The molecule has 20 heavy (non-hydrogen) atoms. The number of alkyl halides is 1. The Morgan fingerprint density at radius 3 is 2.75 bits per heavy atom. The van der Waals surface area contributed by atoms with Crippen molar-refractivity contribution in [3.63, 3.8) is 0 Å². The van der Waals surface area contributed by atoms with Gasteiger partial charge in [0.1, 0.15) is 6.10 Å². The highest BCUT2D eigenvalue weighted by molar-refractivity contribution is 9.09. The van der Waals surface area contributed by atoms with Crippen molar-refractivity contribution in [1.82, 2.24) is 9.78 Å². The molecule has 0 N–H and O–H groups in total. The van der Waals surface area contributed by atoms with Gasteiger partial charge in [-0.2, -0.15) is 5.10 Å². The molecular formula is C16H25BrN2O. The highest BCUT2D eigenvalue weighted by Gasteiger charge is 2.55. The third kappa shape index (κ3) is 2.63.